The van der Waals surface area contributed by atoms with Crippen molar-refractivity contribution >= 4 is 5.95 Å². The quantitative estimate of drug-likeness (QED) is 0.901. The fourth-order valence-corrected chi connectivity index (χ4v) is 2.96. The number of hydrogen-bond acceptors (Lipinski definition) is 6. The molecule has 0 amide bonds. The Morgan fingerprint density at radius 2 is 2.17 bits per heavy atom. The molecule has 0 spiro atoms. The van der Waals surface area contributed by atoms with E-state index in [1.807, 2.05) is 12.1 Å². The largest absolute Gasteiger partial charge is 0.464 e. The summed E-state index contributed by atoms with van der Waals surface area (Å²) in [6, 6.07) is 3.74. The minimum absolute atomic E-state index is 0.261. The summed E-state index contributed by atoms with van der Waals surface area (Å²) in [6.45, 7) is 2.66. The molecule has 1 saturated heterocycles. The van der Waals surface area contributed by atoms with Crippen LogP contribution in [0.4, 0.5) is 5.95 Å². The number of allylic oxidation sites excluding steroid dienone is 2. The fraction of sp³-hybridized carbons (Fsp3) is 0.333. The monoisotopic (exact) mass is 324 g/mol. The zero-order chi connectivity index (χ0) is 16.2. The Bertz CT molecular complexity index is 716. The van der Waals surface area contributed by atoms with Crippen molar-refractivity contribution in [1.29, 1.82) is 0 Å². The third-order valence-corrected chi connectivity index (χ3v) is 4.28. The number of aromatic nitrogens is 2. The van der Waals surface area contributed by atoms with Crippen LogP contribution in [-0.4, -0.2) is 35.8 Å². The topological polar surface area (TPSA) is 72.2 Å². The summed E-state index contributed by atoms with van der Waals surface area (Å²) in [4.78, 5) is 8.69. The standard InChI is InChI=1S/C18H20N4O2/c1-2-16(23-8-1)14-10-20-18(21-11-14)22-15-5-3-13(4-6-15)17-12-19-7-9-24-17/h1-3,5-6,8,10-11,13,17,19H,4,7,9,12H2,(H,20,21,22)/t13?,17-/m1/s1. The molecule has 1 fully saturated rings. The summed E-state index contributed by atoms with van der Waals surface area (Å²) in [7, 11) is 0. The average molecular weight is 324 g/mol. The predicted molar refractivity (Wildman–Crippen MR) is 91.3 cm³/mol. The lowest BCUT2D eigenvalue weighted by atomic mass is 9.93. The highest BCUT2D eigenvalue weighted by Gasteiger charge is 2.23. The van der Waals surface area contributed by atoms with E-state index in [0.717, 1.165) is 43.1 Å². The van der Waals surface area contributed by atoms with E-state index in [1.54, 1.807) is 18.7 Å². The molecule has 2 aromatic heterocycles. The van der Waals surface area contributed by atoms with E-state index in [4.69, 9.17) is 9.15 Å². The van der Waals surface area contributed by atoms with Crippen LogP contribution in [0.5, 0.6) is 0 Å². The highest BCUT2D eigenvalue weighted by Crippen LogP contribution is 2.23. The Morgan fingerprint density at radius 3 is 2.83 bits per heavy atom. The first-order valence-corrected chi connectivity index (χ1v) is 8.22. The van der Waals surface area contributed by atoms with Crippen LogP contribution in [-0.2, 0) is 4.74 Å². The molecule has 1 unspecified atom stereocenters. The lowest BCUT2D eigenvalue weighted by Crippen LogP contribution is -2.42. The maximum Gasteiger partial charge on any atom is 0.227 e. The molecule has 2 N–H and O–H groups in total. The molecule has 0 bridgehead atoms. The molecule has 0 saturated carbocycles. The van der Waals surface area contributed by atoms with Crippen LogP contribution in [0.3, 0.4) is 0 Å². The fourth-order valence-electron chi connectivity index (χ4n) is 2.96. The van der Waals surface area contributed by atoms with E-state index in [1.165, 1.54) is 0 Å². The number of nitrogens with zero attached hydrogens (tertiary/aromatic N) is 2. The Kier molecular flexibility index (Phi) is 4.40. The average Bonchev–Trinajstić information content (AvgIpc) is 3.18. The Balaban J connectivity index is 1.36. The first-order chi connectivity index (χ1) is 11.9. The molecule has 1 aliphatic carbocycles. The Morgan fingerprint density at radius 1 is 1.25 bits per heavy atom. The molecule has 1 aliphatic heterocycles. The minimum Gasteiger partial charge on any atom is -0.464 e. The van der Waals surface area contributed by atoms with Gasteiger partial charge in [-0.3, -0.25) is 0 Å². The van der Waals surface area contributed by atoms with Gasteiger partial charge in [0, 0.05) is 37.1 Å². The molecule has 2 aromatic rings. The molecular formula is C18H20N4O2. The molecule has 0 radical (unpaired) electrons. The van der Waals surface area contributed by atoms with Gasteiger partial charge in [-0.05, 0) is 24.6 Å². The second-order valence-electron chi connectivity index (χ2n) is 5.93. The number of morpholine rings is 1. The predicted octanol–water partition coefficient (Wildman–Crippen LogP) is 2.60. The molecule has 2 atom stereocenters. The summed E-state index contributed by atoms with van der Waals surface area (Å²) < 4.78 is 11.2. The molecule has 4 rings (SSSR count). The van der Waals surface area contributed by atoms with Crippen LogP contribution in [0, 0.1) is 5.92 Å². The van der Waals surface area contributed by atoms with Gasteiger partial charge in [-0.15, -0.1) is 0 Å². The first kappa shape index (κ1) is 15.1. The van der Waals surface area contributed by atoms with Crippen LogP contribution in [0.25, 0.3) is 11.3 Å². The second kappa shape index (κ2) is 6.98. The van der Waals surface area contributed by atoms with Gasteiger partial charge in [-0.25, -0.2) is 9.97 Å². The van der Waals surface area contributed by atoms with Crippen molar-refractivity contribution in [3.63, 3.8) is 0 Å². The normalized spacial score (nSPS) is 23.8. The molecule has 6 heteroatoms. The zero-order valence-electron chi connectivity index (χ0n) is 13.3. The molecule has 3 heterocycles. The molecule has 6 nitrogen and oxygen atoms in total. The lowest BCUT2D eigenvalue weighted by molar-refractivity contribution is 0.00355. The van der Waals surface area contributed by atoms with Crippen molar-refractivity contribution in [3.05, 3.63) is 54.7 Å². The third-order valence-electron chi connectivity index (χ3n) is 4.28. The zero-order valence-corrected chi connectivity index (χ0v) is 13.3. The summed E-state index contributed by atoms with van der Waals surface area (Å²) in [5.74, 6) is 1.77. The number of furan rings is 1. The van der Waals surface area contributed by atoms with Gasteiger partial charge in [-0.2, -0.15) is 0 Å². The van der Waals surface area contributed by atoms with E-state index < -0.39 is 0 Å². The van der Waals surface area contributed by atoms with Gasteiger partial charge in [-0.1, -0.05) is 12.2 Å². The van der Waals surface area contributed by atoms with Crippen molar-refractivity contribution < 1.29 is 9.15 Å². The summed E-state index contributed by atoms with van der Waals surface area (Å²) >= 11 is 0. The van der Waals surface area contributed by atoms with Crippen LogP contribution >= 0.6 is 0 Å². The van der Waals surface area contributed by atoms with Crippen molar-refractivity contribution in [2.24, 2.45) is 5.92 Å². The van der Waals surface area contributed by atoms with E-state index in [2.05, 4.69) is 38.8 Å². The summed E-state index contributed by atoms with van der Waals surface area (Å²) in [5, 5.41) is 6.62. The van der Waals surface area contributed by atoms with E-state index in [-0.39, 0.29) is 6.10 Å². The smallest absolute Gasteiger partial charge is 0.227 e. The van der Waals surface area contributed by atoms with E-state index in [9.17, 15) is 0 Å². The molecule has 124 valence electrons. The summed E-state index contributed by atoms with van der Waals surface area (Å²) in [6.07, 6.45) is 12.8. The van der Waals surface area contributed by atoms with E-state index >= 15 is 0 Å². The van der Waals surface area contributed by atoms with Gasteiger partial charge in [0.05, 0.1) is 24.5 Å². The van der Waals surface area contributed by atoms with Gasteiger partial charge in [0.2, 0.25) is 5.95 Å². The third kappa shape index (κ3) is 3.39. The van der Waals surface area contributed by atoms with Crippen LogP contribution < -0.4 is 10.6 Å². The molecule has 24 heavy (non-hydrogen) atoms. The summed E-state index contributed by atoms with van der Waals surface area (Å²) in [5.41, 5.74) is 1.88. The Labute approximate surface area is 140 Å². The van der Waals surface area contributed by atoms with Crippen LogP contribution in [0.1, 0.15) is 6.42 Å². The highest BCUT2D eigenvalue weighted by atomic mass is 16.5. The van der Waals surface area contributed by atoms with Gasteiger partial charge in [0.25, 0.3) is 0 Å². The van der Waals surface area contributed by atoms with Crippen molar-refractivity contribution in [2.45, 2.75) is 12.5 Å². The molecular weight excluding hydrogens is 304 g/mol. The minimum atomic E-state index is 0.261. The van der Waals surface area contributed by atoms with Crippen LogP contribution in [0.15, 0.2) is 59.1 Å². The molecule has 0 aromatic carbocycles. The van der Waals surface area contributed by atoms with Gasteiger partial charge in [0.15, 0.2) is 0 Å². The first-order valence-electron chi connectivity index (χ1n) is 8.22. The highest BCUT2D eigenvalue weighted by molar-refractivity contribution is 5.55. The second-order valence-corrected chi connectivity index (χ2v) is 5.93. The number of anilines is 1. The maximum atomic E-state index is 5.82. The van der Waals surface area contributed by atoms with Gasteiger partial charge in [0.1, 0.15) is 5.76 Å². The van der Waals surface area contributed by atoms with Crippen molar-refractivity contribution in [2.75, 3.05) is 25.0 Å². The SMILES string of the molecule is C1=CC([C@H]2CNCCO2)CC=C1Nc1ncc(-c2ccco2)cn1. The van der Waals surface area contributed by atoms with Crippen molar-refractivity contribution in [1.82, 2.24) is 15.3 Å². The number of ether oxygens (including phenoxy) is 1. The van der Waals surface area contributed by atoms with E-state index in [0.29, 0.717) is 11.9 Å². The maximum absolute atomic E-state index is 5.82. The lowest BCUT2D eigenvalue weighted by Gasteiger charge is -2.30. The number of rotatable bonds is 4. The Hall–Kier alpha value is -2.44. The molecule has 2 aliphatic rings. The van der Waals surface area contributed by atoms with Gasteiger partial charge < -0.3 is 19.8 Å². The number of hydrogen-bond donors (Lipinski definition) is 2. The van der Waals surface area contributed by atoms with Crippen molar-refractivity contribution in [3.8, 4) is 11.3 Å². The van der Waals surface area contributed by atoms with Gasteiger partial charge >= 0.3 is 0 Å². The number of nitrogens with one attached hydrogen (secondary N) is 2. The van der Waals surface area contributed by atoms with Crippen LogP contribution in [0.2, 0.25) is 0 Å².